The van der Waals surface area contributed by atoms with Gasteiger partial charge < -0.3 is 14.4 Å². The second-order valence-corrected chi connectivity index (χ2v) is 9.13. The minimum absolute atomic E-state index is 0.128. The van der Waals surface area contributed by atoms with Crippen molar-refractivity contribution in [2.45, 2.75) is 64.6 Å². The summed E-state index contributed by atoms with van der Waals surface area (Å²) in [6.45, 7) is 6.27. The van der Waals surface area contributed by atoms with Crippen molar-refractivity contribution in [1.29, 1.82) is 0 Å². The number of carbonyl (C=O) groups is 2. The molecule has 4 heterocycles. The molecule has 0 bridgehead atoms. The maximum Gasteiger partial charge on any atom is 0.255 e. The Morgan fingerprint density at radius 1 is 1.17 bits per heavy atom. The number of pyridine rings is 1. The van der Waals surface area contributed by atoms with E-state index in [0.29, 0.717) is 36.9 Å². The van der Waals surface area contributed by atoms with E-state index in [1.165, 1.54) is 0 Å². The molecular formula is C24H30N4O2. The van der Waals surface area contributed by atoms with Gasteiger partial charge in [-0.2, -0.15) is 0 Å². The molecule has 30 heavy (non-hydrogen) atoms. The lowest BCUT2D eigenvalue weighted by molar-refractivity contribution is -0.141. The molecule has 6 heteroatoms. The molecule has 5 rings (SSSR count). The number of aromatic nitrogens is 2. The lowest BCUT2D eigenvalue weighted by atomic mass is 9.83. The maximum absolute atomic E-state index is 13.4. The highest BCUT2D eigenvalue weighted by Gasteiger charge is 2.46. The summed E-state index contributed by atoms with van der Waals surface area (Å²) in [5.41, 5.74) is 3.88. The van der Waals surface area contributed by atoms with Crippen molar-refractivity contribution in [2.24, 2.45) is 5.92 Å². The average Bonchev–Trinajstić information content (AvgIpc) is 3.56. The highest BCUT2D eigenvalue weighted by Crippen LogP contribution is 2.39. The van der Waals surface area contributed by atoms with E-state index in [2.05, 4.69) is 21.4 Å². The molecule has 158 valence electrons. The molecule has 0 N–H and O–H groups in total. The van der Waals surface area contributed by atoms with E-state index in [9.17, 15) is 9.59 Å². The fourth-order valence-electron chi connectivity index (χ4n) is 5.39. The van der Waals surface area contributed by atoms with Crippen molar-refractivity contribution >= 4 is 11.8 Å². The molecule has 2 amide bonds. The van der Waals surface area contributed by atoms with Crippen molar-refractivity contribution in [3.8, 4) is 0 Å². The van der Waals surface area contributed by atoms with E-state index in [4.69, 9.17) is 0 Å². The van der Waals surface area contributed by atoms with E-state index in [0.717, 1.165) is 61.4 Å². The highest BCUT2D eigenvalue weighted by atomic mass is 16.2. The van der Waals surface area contributed by atoms with Crippen LogP contribution in [-0.4, -0.2) is 56.3 Å². The van der Waals surface area contributed by atoms with E-state index in [-0.39, 0.29) is 5.91 Å². The largest absolute Gasteiger partial charge is 0.342 e. The van der Waals surface area contributed by atoms with Crippen LogP contribution in [0.5, 0.6) is 0 Å². The van der Waals surface area contributed by atoms with Gasteiger partial charge in [-0.15, -0.1) is 0 Å². The Morgan fingerprint density at radius 3 is 2.73 bits per heavy atom. The summed E-state index contributed by atoms with van der Waals surface area (Å²) in [4.78, 5) is 34.5. The predicted octanol–water partition coefficient (Wildman–Crippen LogP) is 3.16. The summed E-state index contributed by atoms with van der Waals surface area (Å²) in [5.74, 6) is 0.873. The Bertz CT molecular complexity index is 963. The number of fused-ring (bicyclic) bond motifs is 1. The number of hydrogen-bond donors (Lipinski definition) is 0. The lowest BCUT2D eigenvalue weighted by Gasteiger charge is -2.47. The van der Waals surface area contributed by atoms with Crippen LogP contribution in [0.1, 0.15) is 59.5 Å². The fraction of sp³-hybridized carbons (Fsp3) is 0.542. The summed E-state index contributed by atoms with van der Waals surface area (Å²) < 4.78 is 2.18. The van der Waals surface area contributed by atoms with Crippen LogP contribution < -0.4 is 0 Å². The van der Waals surface area contributed by atoms with Crippen molar-refractivity contribution in [1.82, 2.24) is 19.4 Å². The Hall–Kier alpha value is -2.63. The van der Waals surface area contributed by atoms with Crippen LogP contribution in [-0.2, 0) is 11.3 Å². The van der Waals surface area contributed by atoms with Gasteiger partial charge in [-0.1, -0.05) is 6.07 Å². The molecular weight excluding hydrogens is 376 g/mol. The first-order valence-electron chi connectivity index (χ1n) is 11.2. The first-order chi connectivity index (χ1) is 14.5. The molecule has 6 nitrogen and oxygen atoms in total. The standard InChI is InChI=1S/C24H30N4O2/c1-16-13-21(17(2)27(16)15-19-5-3-4-11-25-19)24(30)26-12-10-22-18(14-26)6-9-23(29)28(22)20-7-8-20/h3-5,11,13,18,20,22H,6-10,12,14-15H2,1-2H3/t18-,22-/m1/s1. The predicted molar refractivity (Wildman–Crippen MR) is 114 cm³/mol. The van der Waals surface area contributed by atoms with Crippen LogP contribution in [0.2, 0.25) is 0 Å². The SMILES string of the molecule is Cc1cc(C(=O)N2CC[C@@H]3[C@H](CCC(=O)N3C3CC3)C2)c(C)n1Cc1ccccn1. The zero-order valence-corrected chi connectivity index (χ0v) is 17.9. The van der Waals surface area contributed by atoms with Crippen LogP contribution in [0.3, 0.4) is 0 Å². The summed E-state index contributed by atoms with van der Waals surface area (Å²) in [5, 5.41) is 0. The van der Waals surface area contributed by atoms with Crippen LogP contribution in [0.4, 0.5) is 0 Å². The minimum atomic E-state index is 0.128. The van der Waals surface area contributed by atoms with Gasteiger partial charge in [0.05, 0.1) is 17.8 Å². The summed E-state index contributed by atoms with van der Waals surface area (Å²) in [7, 11) is 0. The Kier molecular flexibility index (Phi) is 4.88. The van der Waals surface area contributed by atoms with E-state index in [1.54, 1.807) is 6.20 Å². The molecule has 2 saturated heterocycles. The number of piperidine rings is 2. The number of amides is 2. The van der Waals surface area contributed by atoms with Gasteiger partial charge in [0.1, 0.15) is 0 Å². The van der Waals surface area contributed by atoms with Gasteiger partial charge in [0.2, 0.25) is 5.91 Å². The normalized spacial score (nSPS) is 24.1. The molecule has 1 saturated carbocycles. The Balaban J connectivity index is 1.32. The molecule has 0 unspecified atom stereocenters. The number of nitrogens with zero attached hydrogens (tertiary/aromatic N) is 4. The third-order valence-corrected chi connectivity index (χ3v) is 7.15. The summed E-state index contributed by atoms with van der Waals surface area (Å²) in [6.07, 6.45) is 6.57. The smallest absolute Gasteiger partial charge is 0.255 e. The fourth-order valence-corrected chi connectivity index (χ4v) is 5.39. The third-order valence-electron chi connectivity index (χ3n) is 7.15. The quantitative estimate of drug-likeness (QED) is 0.784. The minimum Gasteiger partial charge on any atom is -0.342 e. The molecule has 2 aliphatic heterocycles. The van der Waals surface area contributed by atoms with Gasteiger partial charge >= 0.3 is 0 Å². The monoisotopic (exact) mass is 406 g/mol. The van der Waals surface area contributed by atoms with Crippen LogP contribution >= 0.6 is 0 Å². The summed E-state index contributed by atoms with van der Waals surface area (Å²) >= 11 is 0. The third kappa shape index (κ3) is 3.42. The number of hydrogen-bond acceptors (Lipinski definition) is 3. The second kappa shape index (κ2) is 7.56. The van der Waals surface area contributed by atoms with Crippen molar-refractivity contribution < 1.29 is 9.59 Å². The van der Waals surface area contributed by atoms with Gasteiger partial charge in [0.25, 0.3) is 5.91 Å². The summed E-state index contributed by atoms with van der Waals surface area (Å²) in [6, 6.07) is 8.75. The molecule has 2 aromatic rings. The van der Waals surface area contributed by atoms with Crippen LogP contribution in [0, 0.1) is 19.8 Å². The molecule has 1 aliphatic carbocycles. The van der Waals surface area contributed by atoms with Crippen molar-refractivity contribution in [2.75, 3.05) is 13.1 Å². The molecule has 0 spiro atoms. The lowest BCUT2D eigenvalue weighted by Crippen LogP contribution is -2.57. The second-order valence-electron chi connectivity index (χ2n) is 9.13. The number of likely N-dealkylation sites (tertiary alicyclic amines) is 2. The molecule has 3 aliphatic rings. The molecule has 0 aromatic carbocycles. The zero-order chi connectivity index (χ0) is 20.8. The van der Waals surface area contributed by atoms with E-state index >= 15 is 0 Å². The number of rotatable bonds is 4. The number of carbonyl (C=O) groups excluding carboxylic acids is 2. The molecule has 0 radical (unpaired) electrons. The van der Waals surface area contributed by atoms with Crippen LogP contribution in [0.25, 0.3) is 0 Å². The topological polar surface area (TPSA) is 58.4 Å². The first kappa shape index (κ1) is 19.3. The Morgan fingerprint density at radius 2 is 2.00 bits per heavy atom. The van der Waals surface area contributed by atoms with Gasteiger partial charge in [-0.05, 0) is 63.6 Å². The van der Waals surface area contributed by atoms with Crippen LogP contribution in [0.15, 0.2) is 30.5 Å². The molecule has 2 atom stereocenters. The maximum atomic E-state index is 13.4. The van der Waals surface area contributed by atoms with E-state index < -0.39 is 0 Å². The van der Waals surface area contributed by atoms with Gasteiger partial charge in [0, 0.05) is 49.2 Å². The zero-order valence-electron chi connectivity index (χ0n) is 17.9. The van der Waals surface area contributed by atoms with Gasteiger partial charge in [0.15, 0.2) is 0 Å². The van der Waals surface area contributed by atoms with Crippen molar-refractivity contribution in [3.63, 3.8) is 0 Å². The van der Waals surface area contributed by atoms with E-state index in [1.807, 2.05) is 36.1 Å². The Labute approximate surface area is 177 Å². The average molecular weight is 407 g/mol. The highest BCUT2D eigenvalue weighted by molar-refractivity contribution is 5.96. The molecule has 3 fully saturated rings. The van der Waals surface area contributed by atoms with Gasteiger partial charge in [-0.3, -0.25) is 14.6 Å². The molecule has 2 aromatic heterocycles. The van der Waals surface area contributed by atoms with Gasteiger partial charge in [-0.25, -0.2) is 0 Å². The first-order valence-corrected chi connectivity index (χ1v) is 11.2. The van der Waals surface area contributed by atoms with Crippen molar-refractivity contribution in [3.05, 3.63) is 53.1 Å². The number of aryl methyl sites for hydroxylation is 1.